The van der Waals surface area contributed by atoms with Gasteiger partial charge in [-0.2, -0.15) is 0 Å². The molecule has 27 heavy (non-hydrogen) atoms. The summed E-state index contributed by atoms with van der Waals surface area (Å²) in [5, 5.41) is 6.47. The van der Waals surface area contributed by atoms with Crippen LogP contribution in [-0.4, -0.2) is 50.6 Å². The molecule has 2 aliphatic rings. The smallest absolute Gasteiger partial charge is 0.223 e. The van der Waals surface area contributed by atoms with Crippen molar-refractivity contribution in [3.05, 3.63) is 29.8 Å². The fraction of sp³-hybridized carbons (Fsp3) is 0.650. The van der Waals surface area contributed by atoms with Gasteiger partial charge in [-0.25, -0.2) is 0 Å². The molecule has 2 saturated heterocycles. The molecule has 2 fully saturated rings. The second-order valence-electron chi connectivity index (χ2n) is 7.34. The van der Waals surface area contributed by atoms with Gasteiger partial charge < -0.3 is 15.4 Å². The van der Waals surface area contributed by atoms with Crippen molar-refractivity contribution in [1.82, 2.24) is 15.5 Å². The lowest BCUT2D eigenvalue weighted by atomic mass is 9.88. The Morgan fingerprint density at radius 3 is 2.33 bits per heavy atom. The first-order valence-electron chi connectivity index (χ1n) is 9.55. The Morgan fingerprint density at radius 1 is 1.19 bits per heavy atom. The summed E-state index contributed by atoms with van der Waals surface area (Å²) >= 11 is 0. The number of benzene rings is 1. The van der Waals surface area contributed by atoms with Crippen LogP contribution in [0, 0.1) is 11.8 Å². The molecule has 7 heteroatoms. The number of methoxy groups -OCH3 is 1. The Labute approximate surface area is 175 Å². The zero-order valence-electron chi connectivity index (χ0n) is 16.3. The van der Waals surface area contributed by atoms with Crippen LogP contribution in [-0.2, 0) is 4.79 Å². The average Bonchev–Trinajstić information content (AvgIpc) is 2.61. The quantitative estimate of drug-likeness (QED) is 0.715. The van der Waals surface area contributed by atoms with Crippen molar-refractivity contribution in [2.45, 2.75) is 32.2 Å². The van der Waals surface area contributed by atoms with E-state index in [1.807, 2.05) is 19.1 Å². The first-order chi connectivity index (χ1) is 12.2. The van der Waals surface area contributed by atoms with Crippen molar-refractivity contribution in [2.75, 3.05) is 39.8 Å². The van der Waals surface area contributed by atoms with E-state index < -0.39 is 0 Å². The van der Waals surface area contributed by atoms with Gasteiger partial charge in [0.2, 0.25) is 5.91 Å². The van der Waals surface area contributed by atoms with Crippen molar-refractivity contribution >= 4 is 30.7 Å². The summed E-state index contributed by atoms with van der Waals surface area (Å²) in [6.07, 6.45) is 3.79. The van der Waals surface area contributed by atoms with Gasteiger partial charge >= 0.3 is 0 Å². The predicted octanol–water partition coefficient (Wildman–Crippen LogP) is 3.04. The van der Waals surface area contributed by atoms with Crippen LogP contribution in [0.25, 0.3) is 0 Å². The number of carbonyl (C=O) groups excluding carboxylic acids is 1. The van der Waals surface area contributed by atoms with Crippen LogP contribution in [0.5, 0.6) is 5.75 Å². The van der Waals surface area contributed by atoms with E-state index in [4.69, 9.17) is 4.74 Å². The Hall–Kier alpha value is -1.01. The highest BCUT2D eigenvalue weighted by Gasteiger charge is 2.30. The van der Waals surface area contributed by atoms with Crippen molar-refractivity contribution in [2.24, 2.45) is 11.8 Å². The van der Waals surface area contributed by atoms with Gasteiger partial charge in [0.05, 0.1) is 13.2 Å². The van der Waals surface area contributed by atoms with Crippen molar-refractivity contribution < 1.29 is 9.53 Å². The molecule has 0 aromatic heterocycles. The number of halogens is 2. The van der Waals surface area contributed by atoms with E-state index in [1.54, 1.807) is 7.11 Å². The number of nitrogens with zero attached hydrogens (tertiary/aromatic N) is 1. The summed E-state index contributed by atoms with van der Waals surface area (Å²) in [6.45, 7) is 6.86. The Morgan fingerprint density at radius 2 is 1.81 bits per heavy atom. The second kappa shape index (κ2) is 11.7. The minimum atomic E-state index is 0. The topological polar surface area (TPSA) is 53.6 Å². The number of nitrogens with one attached hydrogen (secondary N) is 2. The average molecular weight is 418 g/mol. The zero-order chi connectivity index (χ0) is 17.6. The van der Waals surface area contributed by atoms with E-state index in [0.717, 1.165) is 31.9 Å². The van der Waals surface area contributed by atoms with Gasteiger partial charge in [-0.15, -0.1) is 24.8 Å². The van der Waals surface area contributed by atoms with Gasteiger partial charge in [0.1, 0.15) is 5.75 Å². The van der Waals surface area contributed by atoms with Gasteiger partial charge in [-0.05, 0) is 62.6 Å². The Kier molecular flexibility index (Phi) is 10.5. The van der Waals surface area contributed by atoms with Crippen LogP contribution in [0.15, 0.2) is 24.3 Å². The van der Waals surface area contributed by atoms with E-state index in [2.05, 4.69) is 27.7 Å². The van der Waals surface area contributed by atoms with Crippen LogP contribution in [0.4, 0.5) is 0 Å². The molecule has 2 aliphatic heterocycles. The SMILES string of the molecule is COc1ccc(C(CNC(=O)C(C)C2CNC2)N2CCCCC2)cc1.Cl.Cl. The van der Waals surface area contributed by atoms with Gasteiger partial charge in [0.25, 0.3) is 0 Å². The molecule has 1 aromatic carbocycles. The highest BCUT2D eigenvalue weighted by molar-refractivity contribution is 5.85. The summed E-state index contributed by atoms with van der Waals surface area (Å²) in [5.74, 6) is 1.62. The van der Waals surface area contributed by atoms with Crippen LogP contribution >= 0.6 is 24.8 Å². The molecule has 0 spiro atoms. The summed E-state index contributed by atoms with van der Waals surface area (Å²) in [7, 11) is 1.69. The minimum Gasteiger partial charge on any atom is -0.497 e. The predicted molar refractivity (Wildman–Crippen MR) is 114 cm³/mol. The zero-order valence-corrected chi connectivity index (χ0v) is 17.9. The summed E-state index contributed by atoms with van der Waals surface area (Å²) in [6, 6.07) is 8.52. The van der Waals surface area contributed by atoms with Crippen LogP contribution < -0.4 is 15.4 Å². The maximum Gasteiger partial charge on any atom is 0.223 e. The van der Waals surface area contributed by atoms with Crippen molar-refractivity contribution in [1.29, 1.82) is 0 Å². The third-order valence-electron chi connectivity index (χ3n) is 5.74. The molecule has 0 saturated carbocycles. The molecule has 2 unspecified atom stereocenters. The second-order valence-corrected chi connectivity index (χ2v) is 7.34. The van der Waals surface area contributed by atoms with Gasteiger partial charge in [-0.3, -0.25) is 9.69 Å². The molecule has 3 rings (SSSR count). The molecular weight excluding hydrogens is 385 g/mol. The molecule has 0 radical (unpaired) electrons. The normalized spacial score (nSPS) is 19.6. The van der Waals surface area contributed by atoms with Crippen molar-refractivity contribution in [3.8, 4) is 5.75 Å². The lowest BCUT2D eigenvalue weighted by Gasteiger charge is -2.36. The highest BCUT2D eigenvalue weighted by Crippen LogP contribution is 2.26. The third-order valence-corrected chi connectivity index (χ3v) is 5.74. The first-order valence-corrected chi connectivity index (χ1v) is 9.55. The summed E-state index contributed by atoms with van der Waals surface area (Å²) < 4.78 is 5.28. The molecule has 0 aliphatic carbocycles. The van der Waals surface area contributed by atoms with Gasteiger partial charge in [0.15, 0.2) is 0 Å². The largest absolute Gasteiger partial charge is 0.497 e. The number of likely N-dealkylation sites (tertiary alicyclic amines) is 1. The Bertz CT molecular complexity index is 561. The van der Waals surface area contributed by atoms with E-state index in [-0.39, 0.29) is 42.7 Å². The van der Waals surface area contributed by atoms with Gasteiger partial charge in [-0.1, -0.05) is 25.5 Å². The molecule has 2 N–H and O–H groups in total. The molecule has 1 aromatic rings. The summed E-state index contributed by atoms with van der Waals surface area (Å²) in [4.78, 5) is 15.0. The van der Waals surface area contributed by atoms with Crippen LogP contribution in [0.1, 0.15) is 37.8 Å². The van der Waals surface area contributed by atoms with E-state index in [0.29, 0.717) is 12.5 Å². The molecular formula is C20H33Cl2N3O2. The molecule has 1 amide bonds. The van der Waals surface area contributed by atoms with Crippen LogP contribution in [0.2, 0.25) is 0 Å². The maximum atomic E-state index is 12.5. The number of rotatable bonds is 7. The van der Waals surface area contributed by atoms with Crippen molar-refractivity contribution in [3.63, 3.8) is 0 Å². The van der Waals surface area contributed by atoms with E-state index >= 15 is 0 Å². The third kappa shape index (κ3) is 6.24. The van der Waals surface area contributed by atoms with Crippen LogP contribution in [0.3, 0.4) is 0 Å². The number of piperidine rings is 1. The molecule has 2 atom stereocenters. The first kappa shape index (κ1) is 24.0. The maximum absolute atomic E-state index is 12.5. The summed E-state index contributed by atoms with van der Waals surface area (Å²) in [5.41, 5.74) is 1.25. The monoisotopic (exact) mass is 417 g/mol. The number of hydrogen-bond donors (Lipinski definition) is 2. The Balaban J connectivity index is 0.00000182. The fourth-order valence-electron chi connectivity index (χ4n) is 3.75. The lowest BCUT2D eigenvalue weighted by Crippen LogP contribution is -2.50. The fourth-order valence-corrected chi connectivity index (χ4v) is 3.75. The molecule has 154 valence electrons. The molecule has 2 heterocycles. The standard InChI is InChI=1S/C20H31N3O2.2ClH/c1-15(17-12-21-13-17)20(24)22-14-19(23-10-4-3-5-11-23)16-6-8-18(25-2)9-7-16;;/h6-9,15,17,19,21H,3-5,10-14H2,1-2H3,(H,22,24);2*1H. The van der Waals surface area contributed by atoms with E-state index in [9.17, 15) is 4.79 Å². The number of hydrogen-bond acceptors (Lipinski definition) is 4. The molecule has 0 bridgehead atoms. The minimum absolute atomic E-state index is 0. The van der Waals surface area contributed by atoms with Gasteiger partial charge in [0, 0.05) is 12.5 Å². The lowest BCUT2D eigenvalue weighted by molar-refractivity contribution is -0.127. The molecule has 5 nitrogen and oxygen atoms in total. The number of ether oxygens (including phenoxy) is 1. The number of carbonyl (C=O) groups is 1. The van der Waals surface area contributed by atoms with E-state index in [1.165, 1.54) is 24.8 Å². The number of amides is 1. The highest BCUT2D eigenvalue weighted by atomic mass is 35.5.